The van der Waals surface area contributed by atoms with Gasteiger partial charge in [-0.3, -0.25) is 10.1 Å². The van der Waals surface area contributed by atoms with E-state index in [1.54, 1.807) is 12.1 Å². The highest BCUT2D eigenvalue weighted by Crippen LogP contribution is 2.28. The molecule has 0 fully saturated rings. The minimum atomic E-state index is -3.45. The number of hydrogen-bond donors (Lipinski definition) is 3. The summed E-state index contributed by atoms with van der Waals surface area (Å²) in [7, 11) is -3.45. The Morgan fingerprint density at radius 3 is 2.54 bits per heavy atom. The van der Waals surface area contributed by atoms with Crippen molar-refractivity contribution in [1.82, 2.24) is 4.57 Å². The summed E-state index contributed by atoms with van der Waals surface area (Å²) in [4.78, 5) is 0. The van der Waals surface area contributed by atoms with Crippen molar-refractivity contribution in [2.24, 2.45) is 5.73 Å². The van der Waals surface area contributed by atoms with Crippen molar-refractivity contribution in [3.05, 3.63) is 77.9 Å². The average Bonchev–Trinajstić information content (AvgIpc) is 2.96. The van der Waals surface area contributed by atoms with Crippen LogP contribution in [0.2, 0.25) is 0 Å². The number of nitrogens with two attached hydrogens (primary N) is 1. The molecule has 0 amide bonds. The van der Waals surface area contributed by atoms with Gasteiger partial charge in [0.15, 0.2) is 0 Å². The molecule has 4 rings (SSSR count). The van der Waals surface area contributed by atoms with Crippen molar-refractivity contribution in [3.8, 4) is 0 Å². The van der Waals surface area contributed by atoms with Gasteiger partial charge in [-0.25, -0.2) is 8.42 Å². The highest BCUT2D eigenvalue weighted by atomic mass is 32.2. The van der Waals surface area contributed by atoms with Crippen LogP contribution in [-0.4, -0.2) is 25.1 Å². The van der Waals surface area contributed by atoms with E-state index in [0.717, 1.165) is 33.5 Å². The van der Waals surface area contributed by atoms with Crippen LogP contribution in [0.25, 0.3) is 21.7 Å². The van der Waals surface area contributed by atoms with Gasteiger partial charge in [0.05, 0.1) is 18.3 Å². The number of nitrogens with one attached hydrogen (secondary N) is 2. The molecule has 3 aromatic carbocycles. The highest BCUT2D eigenvalue weighted by molar-refractivity contribution is 7.92. The summed E-state index contributed by atoms with van der Waals surface area (Å²) in [6.45, 7) is 0.476. The molecule has 0 spiro atoms. The van der Waals surface area contributed by atoms with Crippen molar-refractivity contribution in [1.29, 1.82) is 5.41 Å². The Hall–Kier alpha value is -3.32. The van der Waals surface area contributed by atoms with Gasteiger partial charge in [0.2, 0.25) is 10.0 Å². The van der Waals surface area contributed by atoms with Gasteiger partial charge in [-0.1, -0.05) is 54.6 Å². The van der Waals surface area contributed by atoms with Crippen LogP contribution in [0.1, 0.15) is 11.1 Å². The number of anilines is 1. The van der Waals surface area contributed by atoms with Crippen molar-refractivity contribution in [3.63, 3.8) is 0 Å². The molecule has 0 bridgehead atoms. The van der Waals surface area contributed by atoms with Crippen molar-refractivity contribution in [2.45, 2.75) is 6.54 Å². The number of rotatable bonds is 5. The molecule has 4 aromatic rings. The van der Waals surface area contributed by atoms with E-state index in [1.165, 1.54) is 0 Å². The minimum Gasteiger partial charge on any atom is -0.384 e. The zero-order valence-electron chi connectivity index (χ0n) is 15.3. The van der Waals surface area contributed by atoms with Gasteiger partial charge in [0.25, 0.3) is 0 Å². The summed E-state index contributed by atoms with van der Waals surface area (Å²) in [6.07, 6.45) is 1.13. The number of sulfonamides is 1. The minimum absolute atomic E-state index is 0.0302. The van der Waals surface area contributed by atoms with E-state index in [4.69, 9.17) is 11.1 Å². The maximum Gasteiger partial charge on any atom is 0.230 e. The van der Waals surface area contributed by atoms with E-state index in [9.17, 15) is 8.42 Å². The van der Waals surface area contributed by atoms with Crippen LogP contribution < -0.4 is 10.5 Å². The molecule has 28 heavy (non-hydrogen) atoms. The fraction of sp³-hybridized carbons (Fsp3) is 0.0952. The zero-order valence-corrected chi connectivity index (χ0v) is 16.1. The third-order valence-corrected chi connectivity index (χ3v) is 5.29. The van der Waals surface area contributed by atoms with E-state index < -0.39 is 10.0 Å². The van der Waals surface area contributed by atoms with Crippen LogP contribution in [0.15, 0.2) is 66.7 Å². The van der Waals surface area contributed by atoms with Gasteiger partial charge in [-0.15, -0.1) is 0 Å². The molecule has 7 heteroatoms. The molecule has 142 valence electrons. The Morgan fingerprint density at radius 1 is 1.04 bits per heavy atom. The first-order valence-electron chi connectivity index (χ1n) is 8.74. The third kappa shape index (κ3) is 3.44. The number of aromatic nitrogens is 1. The van der Waals surface area contributed by atoms with E-state index >= 15 is 0 Å². The Kier molecular flexibility index (Phi) is 4.31. The van der Waals surface area contributed by atoms with E-state index in [2.05, 4.69) is 22.9 Å². The molecular weight excluding hydrogens is 372 g/mol. The van der Waals surface area contributed by atoms with Crippen molar-refractivity contribution in [2.75, 3.05) is 11.0 Å². The molecule has 0 saturated heterocycles. The molecule has 0 radical (unpaired) electrons. The second-order valence-corrected chi connectivity index (χ2v) is 8.56. The average molecular weight is 392 g/mol. The van der Waals surface area contributed by atoms with Crippen LogP contribution in [0, 0.1) is 5.41 Å². The van der Waals surface area contributed by atoms with Crippen molar-refractivity contribution >= 4 is 43.4 Å². The topological polar surface area (TPSA) is 101 Å². The SMILES string of the molecule is CS(=O)(=O)Nc1cc2ccc(C(=N)N)cc2n1Cc1cccc2ccccc12. The van der Waals surface area contributed by atoms with E-state index in [0.29, 0.717) is 17.9 Å². The number of fused-ring (bicyclic) bond motifs is 2. The summed E-state index contributed by atoms with van der Waals surface area (Å²) in [5.74, 6) is 0.448. The Bertz CT molecular complexity index is 1320. The lowest BCUT2D eigenvalue weighted by Crippen LogP contribution is -2.14. The number of nitrogens with zero attached hydrogens (tertiary/aromatic N) is 1. The molecule has 0 atom stereocenters. The normalized spacial score (nSPS) is 11.8. The Morgan fingerprint density at radius 2 is 1.79 bits per heavy atom. The highest BCUT2D eigenvalue weighted by Gasteiger charge is 2.14. The van der Waals surface area contributed by atoms with Gasteiger partial charge < -0.3 is 10.3 Å². The van der Waals surface area contributed by atoms with Crippen LogP contribution in [-0.2, 0) is 16.6 Å². The second kappa shape index (κ2) is 6.69. The first-order valence-corrected chi connectivity index (χ1v) is 10.6. The third-order valence-electron chi connectivity index (χ3n) is 4.71. The van der Waals surface area contributed by atoms with Gasteiger partial charge in [-0.05, 0) is 28.5 Å². The standard InChI is InChI=1S/C21H20N4O2S/c1-28(26,27)24-20-12-15-9-10-16(21(22)23)11-19(15)25(20)13-17-7-4-6-14-5-2-3-8-18(14)17/h2-12,24H,13H2,1H3,(H3,22,23). The molecule has 0 unspecified atom stereocenters. The quantitative estimate of drug-likeness (QED) is 0.358. The van der Waals surface area contributed by atoms with Crippen LogP contribution >= 0.6 is 0 Å². The predicted octanol–water partition coefficient (Wildman–Crippen LogP) is 3.50. The molecule has 0 aliphatic heterocycles. The summed E-state index contributed by atoms with van der Waals surface area (Å²) in [6, 6.07) is 21.4. The van der Waals surface area contributed by atoms with Gasteiger partial charge in [0, 0.05) is 10.9 Å². The lowest BCUT2D eigenvalue weighted by atomic mass is 10.0. The number of amidine groups is 1. The van der Waals surface area contributed by atoms with Crippen LogP contribution in [0.3, 0.4) is 0 Å². The maximum absolute atomic E-state index is 11.9. The Labute approximate surface area is 163 Å². The molecular formula is C21H20N4O2S. The molecule has 6 nitrogen and oxygen atoms in total. The maximum atomic E-state index is 11.9. The largest absolute Gasteiger partial charge is 0.384 e. The molecule has 1 heterocycles. The molecule has 0 aliphatic carbocycles. The van der Waals surface area contributed by atoms with Gasteiger partial charge in [0.1, 0.15) is 11.7 Å². The van der Waals surface area contributed by atoms with E-state index in [-0.39, 0.29) is 5.84 Å². The molecule has 1 aromatic heterocycles. The van der Waals surface area contributed by atoms with Crippen LogP contribution in [0.4, 0.5) is 5.82 Å². The lowest BCUT2D eigenvalue weighted by molar-refractivity contribution is 0.606. The fourth-order valence-corrected chi connectivity index (χ4v) is 4.02. The first kappa shape index (κ1) is 18.1. The predicted molar refractivity (Wildman–Crippen MR) is 114 cm³/mol. The monoisotopic (exact) mass is 392 g/mol. The zero-order chi connectivity index (χ0) is 19.9. The van der Waals surface area contributed by atoms with Gasteiger partial charge in [-0.2, -0.15) is 0 Å². The fourth-order valence-electron chi connectivity index (χ4n) is 3.47. The number of nitrogen functional groups attached to an aromatic ring is 1. The van der Waals surface area contributed by atoms with Gasteiger partial charge >= 0.3 is 0 Å². The number of benzene rings is 3. The van der Waals surface area contributed by atoms with Crippen LogP contribution in [0.5, 0.6) is 0 Å². The number of hydrogen-bond acceptors (Lipinski definition) is 3. The Balaban J connectivity index is 1.93. The molecule has 0 saturated carbocycles. The summed E-state index contributed by atoms with van der Waals surface area (Å²) >= 11 is 0. The molecule has 0 aliphatic rings. The van der Waals surface area contributed by atoms with Crippen molar-refractivity contribution < 1.29 is 8.42 Å². The first-order chi connectivity index (χ1) is 13.3. The summed E-state index contributed by atoms with van der Waals surface area (Å²) < 4.78 is 28.3. The van der Waals surface area contributed by atoms with E-state index in [1.807, 2.05) is 41.0 Å². The molecule has 4 N–H and O–H groups in total. The lowest BCUT2D eigenvalue weighted by Gasteiger charge is -2.14. The second-order valence-electron chi connectivity index (χ2n) is 6.82. The smallest absolute Gasteiger partial charge is 0.230 e. The summed E-state index contributed by atoms with van der Waals surface area (Å²) in [5.41, 5.74) is 8.13. The summed E-state index contributed by atoms with van der Waals surface area (Å²) in [5, 5.41) is 10.8.